The lowest BCUT2D eigenvalue weighted by Crippen LogP contribution is -2.19. The summed E-state index contributed by atoms with van der Waals surface area (Å²) in [7, 11) is 0. The SMILES string of the molecule is C=Cc1cc(C(C)(C)C)c(C)c(C(C)(C)C)c1. The molecule has 0 aliphatic carbocycles. The van der Waals surface area contributed by atoms with Gasteiger partial charge < -0.3 is 0 Å². The van der Waals surface area contributed by atoms with E-state index in [0.717, 1.165) is 0 Å². The Morgan fingerprint density at radius 1 is 0.882 bits per heavy atom. The minimum Gasteiger partial charge on any atom is -0.0985 e. The van der Waals surface area contributed by atoms with Gasteiger partial charge in [0.05, 0.1) is 0 Å². The third kappa shape index (κ3) is 3.00. The van der Waals surface area contributed by atoms with Crippen LogP contribution >= 0.6 is 0 Å². The van der Waals surface area contributed by atoms with Gasteiger partial charge in [-0.25, -0.2) is 0 Å². The molecule has 1 aromatic carbocycles. The summed E-state index contributed by atoms with van der Waals surface area (Å²) in [5.41, 5.74) is 5.88. The van der Waals surface area contributed by atoms with Crippen LogP contribution in [0, 0.1) is 6.92 Å². The normalized spacial score (nSPS) is 12.6. The molecule has 0 spiro atoms. The molecule has 17 heavy (non-hydrogen) atoms. The van der Waals surface area contributed by atoms with Gasteiger partial charge in [0.1, 0.15) is 0 Å². The molecule has 0 aliphatic heterocycles. The van der Waals surface area contributed by atoms with Crippen molar-refractivity contribution < 1.29 is 0 Å². The zero-order valence-corrected chi connectivity index (χ0v) is 12.4. The first-order valence-corrected chi connectivity index (χ1v) is 6.35. The Morgan fingerprint density at radius 3 is 1.47 bits per heavy atom. The quantitative estimate of drug-likeness (QED) is 0.619. The van der Waals surface area contributed by atoms with Crippen molar-refractivity contribution in [1.29, 1.82) is 0 Å². The van der Waals surface area contributed by atoms with E-state index in [2.05, 4.69) is 67.2 Å². The van der Waals surface area contributed by atoms with Crippen molar-refractivity contribution in [2.24, 2.45) is 0 Å². The summed E-state index contributed by atoms with van der Waals surface area (Å²) >= 11 is 0. The summed E-state index contributed by atoms with van der Waals surface area (Å²) in [6.07, 6.45) is 1.95. The van der Waals surface area contributed by atoms with Gasteiger partial charge in [-0.1, -0.05) is 66.3 Å². The van der Waals surface area contributed by atoms with Crippen molar-refractivity contribution in [1.82, 2.24) is 0 Å². The fourth-order valence-electron chi connectivity index (χ4n) is 2.41. The van der Waals surface area contributed by atoms with Gasteiger partial charge in [-0.3, -0.25) is 0 Å². The van der Waals surface area contributed by atoms with Gasteiger partial charge >= 0.3 is 0 Å². The Balaban J connectivity index is 3.59. The molecule has 0 amide bonds. The average Bonchev–Trinajstić information content (AvgIpc) is 2.14. The maximum atomic E-state index is 3.91. The topological polar surface area (TPSA) is 0 Å². The highest BCUT2D eigenvalue weighted by Crippen LogP contribution is 2.34. The van der Waals surface area contributed by atoms with Gasteiger partial charge in [0, 0.05) is 0 Å². The van der Waals surface area contributed by atoms with Crippen LogP contribution in [0.2, 0.25) is 0 Å². The molecule has 0 saturated heterocycles. The highest BCUT2D eigenvalue weighted by Gasteiger charge is 2.23. The molecule has 0 N–H and O–H groups in total. The summed E-state index contributed by atoms with van der Waals surface area (Å²) in [5.74, 6) is 0. The second-order valence-corrected chi connectivity index (χ2v) is 6.95. The van der Waals surface area contributed by atoms with Crippen LogP contribution in [0.4, 0.5) is 0 Å². The van der Waals surface area contributed by atoms with Crippen LogP contribution in [0.3, 0.4) is 0 Å². The predicted molar refractivity (Wildman–Crippen MR) is 78.7 cm³/mol. The molecule has 0 aromatic heterocycles. The van der Waals surface area contributed by atoms with Gasteiger partial charge in [-0.2, -0.15) is 0 Å². The van der Waals surface area contributed by atoms with Crippen LogP contribution in [0.5, 0.6) is 0 Å². The third-order valence-electron chi connectivity index (χ3n) is 3.28. The van der Waals surface area contributed by atoms with Gasteiger partial charge in [0.2, 0.25) is 0 Å². The number of rotatable bonds is 1. The van der Waals surface area contributed by atoms with Crippen LogP contribution in [0.15, 0.2) is 18.7 Å². The fourth-order valence-corrected chi connectivity index (χ4v) is 2.41. The molecule has 0 heteroatoms. The van der Waals surface area contributed by atoms with Crippen LogP contribution in [0.1, 0.15) is 63.8 Å². The van der Waals surface area contributed by atoms with Gasteiger partial charge in [-0.15, -0.1) is 0 Å². The maximum Gasteiger partial charge on any atom is -0.0129 e. The third-order valence-corrected chi connectivity index (χ3v) is 3.28. The van der Waals surface area contributed by atoms with Gasteiger partial charge in [0.25, 0.3) is 0 Å². The minimum absolute atomic E-state index is 0.184. The van der Waals surface area contributed by atoms with Crippen molar-refractivity contribution in [3.63, 3.8) is 0 Å². The van der Waals surface area contributed by atoms with Crippen molar-refractivity contribution in [3.05, 3.63) is 41.0 Å². The Morgan fingerprint density at radius 2 is 1.24 bits per heavy atom. The number of hydrogen-bond donors (Lipinski definition) is 0. The summed E-state index contributed by atoms with van der Waals surface area (Å²) in [4.78, 5) is 0. The van der Waals surface area contributed by atoms with E-state index in [1.807, 2.05) is 6.08 Å². The van der Waals surface area contributed by atoms with E-state index in [0.29, 0.717) is 0 Å². The molecule has 0 heterocycles. The molecule has 0 fully saturated rings. The second-order valence-electron chi connectivity index (χ2n) is 6.95. The molecular formula is C17H26. The molecule has 0 aliphatic rings. The molecule has 1 rings (SSSR count). The first-order chi connectivity index (χ1) is 7.57. The predicted octanol–water partition coefficient (Wildman–Crippen LogP) is 5.23. The van der Waals surface area contributed by atoms with E-state index in [4.69, 9.17) is 0 Å². The molecule has 0 saturated carbocycles. The van der Waals surface area contributed by atoms with E-state index in [9.17, 15) is 0 Å². The second kappa shape index (κ2) is 4.33. The van der Waals surface area contributed by atoms with Crippen molar-refractivity contribution >= 4 is 6.08 Å². The monoisotopic (exact) mass is 230 g/mol. The summed E-state index contributed by atoms with van der Waals surface area (Å²) in [6, 6.07) is 4.55. The highest BCUT2D eigenvalue weighted by molar-refractivity contribution is 5.55. The zero-order chi connectivity index (χ0) is 13.4. The molecule has 0 radical (unpaired) electrons. The minimum atomic E-state index is 0.184. The van der Waals surface area contributed by atoms with E-state index in [-0.39, 0.29) is 10.8 Å². The summed E-state index contributed by atoms with van der Waals surface area (Å²) in [5, 5.41) is 0. The molecule has 1 aromatic rings. The molecule has 94 valence electrons. The van der Waals surface area contributed by atoms with E-state index >= 15 is 0 Å². The standard InChI is InChI=1S/C17H26/c1-9-13-10-14(16(3,4)5)12(2)15(11-13)17(6,7)8/h9-11H,1H2,2-8H3. The Hall–Kier alpha value is -1.04. The lowest BCUT2D eigenvalue weighted by atomic mass is 9.76. The molecule has 0 unspecified atom stereocenters. The molecule has 0 atom stereocenters. The largest absolute Gasteiger partial charge is 0.0985 e. The number of hydrogen-bond acceptors (Lipinski definition) is 0. The van der Waals surface area contributed by atoms with E-state index in [1.54, 1.807) is 0 Å². The van der Waals surface area contributed by atoms with Gasteiger partial charge in [-0.05, 0) is 40.0 Å². The lowest BCUT2D eigenvalue weighted by molar-refractivity contribution is 0.561. The Kier molecular flexibility index (Phi) is 3.57. The first kappa shape index (κ1) is 14.0. The van der Waals surface area contributed by atoms with Gasteiger partial charge in [0.15, 0.2) is 0 Å². The van der Waals surface area contributed by atoms with Crippen molar-refractivity contribution in [2.75, 3.05) is 0 Å². The van der Waals surface area contributed by atoms with E-state index in [1.165, 1.54) is 22.3 Å². The first-order valence-electron chi connectivity index (χ1n) is 6.35. The summed E-state index contributed by atoms with van der Waals surface area (Å²) in [6.45, 7) is 19.8. The van der Waals surface area contributed by atoms with Crippen LogP contribution < -0.4 is 0 Å². The van der Waals surface area contributed by atoms with Crippen molar-refractivity contribution in [2.45, 2.75) is 59.3 Å². The number of benzene rings is 1. The summed E-state index contributed by atoms with van der Waals surface area (Å²) < 4.78 is 0. The van der Waals surface area contributed by atoms with E-state index < -0.39 is 0 Å². The smallest absolute Gasteiger partial charge is 0.0129 e. The molecule has 0 bridgehead atoms. The van der Waals surface area contributed by atoms with Crippen LogP contribution in [0.25, 0.3) is 6.08 Å². The lowest BCUT2D eigenvalue weighted by Gasteiger charge is -2.29. The molecule has 0 nitrogen and oxygen atoms in total. The highest BCUT2D eigenvalue weighted by atomic mass is 14.3. The Labute approximate surface area is 107 Å². The van der Waals surface area contributed by atoms with Crippen LogP contribution in [-0.4, -0.2) is 0 Å². The average molecular weight is 230 g/mol. The van der Waals surface area contributed by atoms with Crippen LogP contribution in [-0.2, 0) is 10.8 Å². The maximum absolute atomic E-state index is 3.91. The van der Waals surface area contributed by atoms with Crippen molar-refractivity contribution in [3.8, 4) is 0 Å². The zero-order valence-electron chi connectivity index (χ0n) is 12.4. The Bertz CT molecular complexity index is 387. The molecular weight excluding hydrogens is 204 g/mol. The fraction of sp³-hybridized carbons (Fsp3) is 0.529.